The number of rotatable bonds is 2. The zero-order chi connectivity index (χ0) is 16.7. The van der Waals surface area contributed by atoms with Gasteiger partial charge in [-0.3, -0.25) is 9.78 Å². The summed E-state index contributed by atoms with van der Waals surface area (Å²) < 4.78 is 5.69. The van der Waals surface area contributed by atoms with E-state index in [9.17, 15) is 4.79 Å². The summed E-state index contributed by atoms with van der Waals surface area (Å²) in [4.78, 5) is 18.9. The largest absolute Gasteiger partial charge is 0.368 e. The molecule has 2 atom stereocenters. The van der Waals surface area contributed by atoms with Crippen molar-refractivity contribution >= 4 is 22.5 Å². The van der Waals surface area contributed by atoms with Crippen molar-refractivity contribution in [3.05, 3.63) is 35.5 Å². The Labute approximate surface area is 142 Å². The number of fused-ring (bicyclic) bond motifs is 2. The quantitative estimate of drug-likeness (QED) is 0.920. The average Bonchev–Trinajstić information content (AvgIpc) is 2.60. The average molecular weight is 325 g/mol. The zero-order valence-electron chi connectivity index (χ0n) is 14.2. The maximum absolute atomic E-state index is 11.7. The molecule has 1 amide bonds. The molecule has 0 unspecified atom stereocenters. The van der Waals surface area contributed by atoms with Crippen molar-refractivity contribution in [3.63, 3.8) is 0 Å². The van der Waals surface area contributed by atoms with Crippen molar-refractivity contribution in [2.75, 3.05) is 24.6 Å². The van der Waals surface area contributed by atoms with Crippen molar-refractivity contribution in [1.29, 1.82) is 0 Å². The van der Waals surface area contributed by atoms with E-state index in [1.54, 1.807) is 0 Å². The molecule has 1 aromatic heterocycles. The third-order valence-electron chi connectivity index (χ3n) is 5.18. The van der Waals surface area contributed by atoms with E-state index in [0.717, 1.165) is 37.1 Å². The fourth-order valence-corrected chi connectivity index (χ4v) is 3.99. The molecular formula is C19H23N3O2. The molecule has 2 aliphatic heterocycles. The SMILES string of the molecule is CCc1nc2ccccc2c(N2CC[C@@H]3OCC(=O)N[C@@H]3C2)c1C. The number of hydrogen-bond donors (Lipinski definition) is 1. The summed E-state index contributed by atoms with van der Waals surface area (Å²) in [5, 5.41) is 4.28. The third kappa shape index (κ3) is 2.53. The first-order chi connectivity index (χ1) is 11.7. The number of aromatic nitrogens is 1. The van der Waals surface area contributed by atoms with Crippen LogP contribution in [0.3, 0.4) is 0 Å². The lowest BCUT2D eigenvalue weighted by Gasteiger charge is -2.42. The van der Waals surface area contributed by atoms with E-state index in [-0.39, 0.29) is 24.7 Å². The molecule has 0 spiro atoms. The second-order valence-corrected chi connectivity index (χ2v) is 6.66. The van der Waals surface area contributed by atoms with Crippen LogP contribution in [0.1, 0.15) is 24.6 Å². The lowest BCUT2D eigenvalue weighted by atomic mass is 9.97. The van der Waals surface area contributed by atoms with Gasteiger partial charge in [0.15, 0.2) is 0 Å². The number of amides is 1. The Bertz CT molecular complexity index is 790. The summed E-state index contributed by atoms with van der Waals surface area (Å²) >= 11 is 0. The summed E-state index contributed by atoms with van der Waals surface area (Å²) in [5.74, 6) is -0.0105. The van der Waals surface area contributed by atoms with E-state index >= 15 is 0 Å². The molecule has 126 valence electrons. The highest BCUT2D eigenvalue weighted by Gasteiger charge is 2.35. The summed E-state index contributed by atoms with van der Waals surface area (Å²) in [6.07, 6.45) is 1.99. The monoisotopic (exact) mass is 325 g/mol. The number of carbonyl (C=O) groups is 1. The summed E-state index contributed by atoms with van der Waals surface area (Å²) in [7, 11) is 0. The second kappa shape index (κ2) is 6.06. The van der Waals surface area contributed by atoms with E-state index in [0.29, 0.717) is 0 Å². The predicted molar refractivity (Wildman–Crippen MR) is 94.4 cm³/mol. The van der Waals surface area contributed by atoms with E-state index < -0.39 is 0 Å². The molecule has 4 rings (SSSR count). The van der Waals surface area contributed by atoms with Gasteiger partial charge in [-0.2, -0.15) is 0 Å². The Kier molecular flexibility index (Phi) is 3.88. The molecule has 2 aromatic rings. The summed E-state index contributed by atoms with van der Waals surface area (Å²) in [6, 6.07) is 8.39. The highest BCUT2D eigenvalue weighted by molar-refractivity contribution is 5.94. The van der Waals surface area contributed by atoms with Gasteiger partial charge in [-0.25, -0.2) is 0 Å². The number of hydrogen-bond acceptors (Lipinski definition) is 4. The Morgan fingerprint density at radius 1 is 1.38 bits per heavy atom. The normalized spacial score (nSPS) is 23.9. The Balaban J connectivity index is 1.75. The van der Waals surface area contributed by atoms with E-state index in [4.69, 9.17) is 9.72 Å². The maximum Gasteiger partial charge on any atom is 0.246 e. The highest BCUT2D eigenvalue weighted by atomic mass is 16.5. The van der Waals surface area contributed by atoms with Gasteiger partial charge in [0, 0.05) is 24.2 Å². The number of anilines is 1. The van der Waals surface area contributed by atoms with E-state index in [2.05, 4.69) is 42.3 Å². The van der Waals surface area contributed by atoms with Crippen LogP contribution in [-0.4, -0.2) is 42.7 Å². The van der Waals surface area contributed by atoms with Gasteiger partial charge in [0.1, 0.15) is 6.61 Å². The predicted octanol–water partition coefficient (Wildman–Crippen LogP) is 2.20. The lowest BCUT2D eigenvalue weighted by Crippen LogP contribution is -2.60. The molecule has 2 aliphatic rings. The fourth-order valence-electron chi connectivity index (χ4n) is 3.99. The van der Waals surface area contributed by atoms with Crippen LogP contribution < -0.4 is 10.2 Å². The summed E-state index contributed by atoms with van der Waals surface area (Å²) in [5.41, 5.74) is 4.70. The van der Waals surface area contributed by atoms with Crippen LogP contribution in [0.15, 0.2) is 24.3 Å². The van der Waals surface area contributed by atoms with Crippen LogP contribution in [-0.2, 0) is 16.0 Å². The van der Waals surface area contributed by atoms with Crippen LogP contribution in [0, 0.1) is 6.92 Å². The van der Waals surface area contributed by atoms with Gasteiger partial charge < -0.3 is 15.0 Å². The molecule has 5 heteroatoms. The van der Waals surface area contributed by atoms with Crippen LogP contribution >= 0.6 is 0 Å². The third-order valence-corrected chi connectivity index (χ3v) is 5.18. The molecule has 0 bridgehead atoms. The number of benzene rings is 1. The molecule has 1 aromatic carbocycles. The smallest absolute Gasteiger partial charge is 0.246 e. The molecular weight excluding hydrogens is 302 g/mol. The first-order valence-corrected chi connectivity index (χ1v) is 8.71. The van der Waals surface area contributed by atoms with Gasteiger partial charge in [0.05, 0.1) is 23.3 Å². The maximum atomic E-state index is 11.7. The highest BCUT2D eigenvalue weighted by Crippen LogP contribution is 2.34. The van der Waals surface area contributed by atoms with Gasteiger partial charge in [0.25, 0.3) is 0 Å². The molecule has 1 N–H and O–H groups in total. The Morgan fingerprint density at radius 2 is 2.21 bits per heavy atom. The minimum absolute atomic E-state index is 0.0105. The molecule has 2 fully saturated rings. The molecule has 5 nitrogen and oxygen atoms in total. The molecule has 0 aliphatic carbocycles. The Morgan fingerprint density at radius 3 is 3.04 bits per heavy atom. The van der Waals surface area contributed by atoms with Gasteiger partial charge in [-0.1, -0.05) is 25.1 Å². The van der Waals surface area contributed by atoms with E-state index in [1.807, 2.05) is 6.07 Å². The van der Waals surface area contributed by atoms with Gasteiger partial charge in [0.2, 0.25) is 5.91 Å². The first-order valence-electron chi connectivity index (χ1n) is 8.71. The van der Waals surface area contributed by atoms with Crippen molar-refractivity contribution in [2.45, 2.75) is 38.8 Å². The Hall–Kier alpha value is -2.14. The van der Waals surface area contributed by atoms with Gasteiger partial charge in [-0.05, 0) is 31.4 Å². The number of nitrogens with one attached hydrogen (secondary N) is 1. The standard InChI is InChI=1S/C19H23N3O2/c1-3-14-12(2)19(13-6-4-5-7-15(13)20-14)22-9-8-17-16(10-22)21-18(23)11-24-17/h4-7,16-17H,3,8-11H2,1-2H3,(H,21,23)/t16-,17+/m1/s1. The van der Waals surface area contributed by atoms with Gasteiger partial charge in [-0.15, -0.1) is 0 Å². The second-order valence-electron chi connectivity index (χ2n) is 6.66. The molecule has 3 heterocycles. The fraction of sp³-hybridized carbons (Fsp3) is 0.474. The molecule has 2 saturated heterocycles. The number of carbonyl (C=O) groups excluding carboxylic acids is 1. The summed E-state index contributed by atoms with van der Waals surface area (Å²) in [6.45, 7) is 6.23. The molecule has 0 radical (unpaired) electrons. The number of pyridine rings is 1. The molecule has 0 saturated carbocycles. The topological polar surface area (TPSA) is 54.5 Å². The minimum Gasteiger partial charge on any atom is -0.368 e. The van der Waals surface area contributed by atoms with Crippen LogP contribution in [0.4, 0.5) is 5.69 Å². The number of nitrogens with zero attached hydrogens (tertiary/aromatic N) is 2. The van der Waals surface area contributed by atoms with E-state index in [1.165, 1.54) is 16.6 Å². The minimum atomic E-state index is -0.0105. The van der Waals surface area contributed by atoms with Crippen molar-refractivity contribution in [1.82, 2.24) is 10.3 Å². The van der Waals surface area contributed by atoms with Gasteiger partial charge >= 0.3 is 0 Å². The first kappa shape index (κ1) is 15.4. The molecule has 24 heavy (non-hydrogen) atoms. The number of piperidine rings is 1. The van der Waals surface area contributed by atoms with Crippen LogP contribution in [0.25, 0.3) is 10.9 Å². The van der Waals surface area contributed by atoms with Crippen LogP contribution in [0.5, 0.6) is 0 Å². The lowest BCUT2D eigenvalue weighted by molar-refractivity contribution is -0.137. The number of ether oxygens (including phenoxy) is 1. The van der Waals surface area contributed by atoms with Crippen molar-refractivity contribution < 1.29 is 9.53 Å². The zero-order valence-corrected chi connectivity index (χ0v) is 14.2. The van der Waals surface area contributed by atoms with Crippen molar-refractivity contribution in [3.8, 4) is 0 Å². The number of morpholine rings is 1. The van der Waals surface area contributed by atoms with Crippen molar-refractivity contribution in [2.24, 2.45) is 0 Å². The van der Waals surface area contributed by atoms with Crippen LogP contribution in [0.2, 0.25) is 0 Å². The number of para-hydroxylation sites is 1. The number of aryl methyl sites for hydroxylation is 1.